The van der Waals surface area contributed by atoms with E-state index in [2.05, 4.69) is 41.0 Å². The lowest BCUT2D eigenvalue weighted by atomic mass is 10.3. The van der Waals surface area contributed by atoms with Crippen molar-refractivity contribution in [2.75, 3.05) is 24.5 Å². The predicted molar refractivity (Wildman–Crippen MR) is 72.2 cm³/mol. The maximum atomic E-state index is 4.65. The average Bonchev–Trinajstić information content (AvgIpc) is 2.36. The standard InChI is InChI=1S/C13H24N4/c1-4-7-17(8-5-2)13-11-15-10-12(16-13)9-14-6-3/h10-11,14H,4-9H2,1-3H3. The van der Waals surface area contributed by atoms with Gasteiger partial charge in [-0.3, -0.25) is 4.98 Å². The van der Waals surface area contributed by atoms with Gasteiger partial charge in [-0.25, -0.2) is 4.98 Å². The molecule has 4 heteroatoms. The summed E-state index contributed by atoms with van der Waals surface area (Å²) >= 11 is 0. The summed E-state index contributed by atoms with van der Waals surface area (Å²) in [5.41, 5.74) is 1.02. The molecule has 1 rings (SSSR count). The van der Waals surface area contributed by atoms with Gasteiger partial charge in [0, 0.05) is 25.8 Å². The van der Waals surface area contributed by atoms with E-state index in [4.69, 9.17) is 0 Å². The van der Waals surface area contributed by atoms with E-state index in [1.54, 1.807) is 0 Å². The van der Waals surface area contributed by atoms with Crippen LogP contribution in [0, 0.1) is 0 Å². The Labute approximate surface area is 104 Å². The molecule has 0 bridgehead atoms. The minimum Gasteiger partial charge on any atom is -0.355 e. The first kappa shape index (κ1) is 13.9. The molecule has 0 saturated carbocycles. The van der Waals surface area contributed by atoms with Crippen LogP contribution in [0.15, 0.2) is 12.4 Å². The molecular formula is C13H24N4. The van der Waals surface area contributed by atoms with E-state index < -0.39 is 0 Å². The minimum atomic E-state index is 0.795. The summed E-state index contributed by atoms with van der Waals surface area (Å²) in [7, 11) is 0. The predicted octanol–water partition coefficient (Wildman–Crippen LogP) is 2.21. The van der Waals surface area contributed by atoms with Gasteiger partial charge in [0.1, 0.15) is 5.82 Å². The maximum absolute atomic E-state index is 4.65. The molecule has 1 aromatic rings. The summed E-state index contributed by atoms with van der Waals surface area (Å²) in [6.45, 7) is 10.3. The molecule has 0 unspecified atom stereocenters. The van der Waals surface area contributed by atoms with Crippen molar-refractivity contribution in [3.8, 4) is 0 Å². The number of anilines is 1. The van der Waals surface area contributed by atoms with E-state index in [0.717, 1.165) is 50.5 Å². The summed E-state index contributed by atoms with van der Waals surface area (Å²) in [6, 6.07) is 0. The average molecular weight is 236 g/mol. The van der Waals surface area contributed by atoms with Gasteiger partial charge in [0.2, 0.25) is 0 Å². The van der Waals surface area contributed by atoms with Gasteiger partial charge in [-0.15, -0.1) is 0 Å². The quantitative estimate of drug-likeness (QED) is 0.751. The van der Waals surface area contributed by atoms with Crippen molar-refractivity contribution in [3.05, 3.63) is 18.1 Å². The second-order valence-corrected chi connectivity index (χ2v) is 4.14. The van der Waals surface area contributed by atoms with Gasteiger partial charge < -0.3 is 10.2 Å². The van der Waals surface area contributed by atoms with Gasteiger partial charge in [-0.1, -0.05) is 20.8 Å². The van der Waals surface area contributed by atoms with E-state index in [0.29, 0.717) is 0 Å². The highest BCUT2D eigenvalue weighted by molar-refractivity contribution is 5.36. The monoisotopic (exact) mass is 236 g/mol. The molecule has 0 aliphatic heterocycles. The Morgan fingerprint density at radius 1 is 1.12 bits per heavy atom. The highest BCUT2D eigenvalue weighted by atomic mass is 15.2. The first-order valence-electron chi connectivity index (χ1n) is 6.58. The number of hydrogen-bond acceptors (Lipinski definition) is 4. The summed E-state index contributed by atoms with van der Waals surface area (Å²) in [5, 5.41) is 3.27. The molecule has 1 aromatic heterocycles. The second-order valence-electron chi connectivity index (χ2n) is 4.14. The Balaban J connectivity index is 2.72. The van der Waals surface area contributed by atoms with Crippen molar-refractivity contribution in [1.29, 1.82) is 0 Å². The maximum Gasteiger partial charge on any atom is 0.147 e. The zero-order chi connectivity index (χ0) is 12.5. The van der Waals surface area contributed by atoms with Gasteiger partial charge in [-0.2, -0.15) is 0 Å². The van der Waals surface area contributed by atoms with Crippen LogP contribution in [0.3, 0.4) is 0 Å². The molecule has 1 heterocycles. The lowest BCUT2D eigenvalue weighted by molar-refractivity contribution is 0.693. The van der Waals surface area contributed by atoms with Crippen molar-refractivity contribution in [2.24, 2.45) is 0 Å². The molecule has 0 aliphatic carbocycles. The first-order chi connectivity index (χ1) is 8.31. The molecule has 0 fully saturated rings. The van der Waals surface area contributed by atoms with Crippen molar-refractivity contribution < 1.29 is 0 Å². The molecule has 0 amide bonds. The van der Waals surface area contributed by atoms with Crippen LogP contribution in [0.4, 0.5) is 5.82 Å². The zero-order valence-electron chi connectivity index (χ0n) is 11.2. The first-order valence-corrected chi connectivity index (χ1v) is 6.58. The number of nitrogens with one attached hydrogen (secondary N) is 1. The van der Waals surface area contributed by atoms with Crippen molar-refractivity contribution >= 4 is 5.82 Å². The van der Waals surface area contributed by atoms with Gasteiger partial charge in [-0.05, 0) is 19.4 Å². The molecule has 96 valence electrons. The third-order valence-corrected chi connectivity index (χ3v) is 2.54. The highest BCUT2D eigenvalue weighted by Crippen LogP contribution is 2.10. The zero-order valence-corrected chi connectivity index (χ0v) is 11.2. The minimum absolute atomic E-state index is 0.795. The van der Waals surface area contributed by atoms with Crippen LogP contribution in [0.25, 0.3) is 0 Å². The Kier molecular flexibility index (Phi) is 6.55. The van der Waals surface area contributed by atoms with E-state index in [1.807, 2.05) is 12.4 Å². The van der Waals surface area contributed by atoms with Crippen LogP contribution in [0.1, 0.15) is 39.3 Å². The fraction of sp³-hybridized carbons (Fsp3) is 0.692. The van der Waals surface area contributed by atoms with Gasteiger partial charge in [0.05, 0.1) is 11.9 Å². The van der Waals surface area contributed by atoms with Crippen LogP contribution in [-0.4, -0.2) is 29.6 Å². The summed E-state index contributed by atoms with van der Waals surface area (Å²) in [6.07, 6.45) is 5.97. The van der Waals surface area contributed by atoms with E-state index >= 15 is 0 Å². The SMILES string of the molecule is CCCN(CCC)c1cncc(CNCC)n1. The normalized spacial score (nSPS) is 10.5. The van der Waals surface area contributed by atoms with Gasteiger partial charge >= 0.3 is 0 Å². The topological polar surface area (TPSA) is 41.1 Å². The fourth-order valence-electron chi connectivity index (χ4n) is 1.77. The Morgan fingerprint density at radius 2 is 1.82 bits per heavy atom. The van der Waals surface area contributed by atoms with Gasteiger partial charge in [0.15, 0.2) is 0 Å². The van der Waals surface area contributed by atoms with Crippen LogP contribution < -0.4 is 10.2 Å². The number of nitrogens with zero attached hydrogens (tertiary/aromatic N) is 3. The smallest absolute Gasteiger partial charge is 0.147 e. The molecule has 4 nitrogen and oxygen atoms in total. The fourth-order valence-corrected chi connectivity index (χ4v) is 1.77. The van der Waals surface area contributed by atoms with Crippen LogP contribution >= 0.6 is 0 Å². The third kappa shape index (κ3) is 4.69. The van der Waals surface area contributed by atoms with Crippen LogP contribution in [-0.2, 0) is 6.54 Å². The number of aromatic nitrogens is 2. The van der Waals surface area contributed by atoms with E-state index in [1.165, 1.54) is 0 Å². The van der Waals surface area contributed by atoms with E-state index in [-0.39, 0.29) is 0 Å². The third-order valence-electron chi connectivity index (χ3n) is 2.54. The molecule has 0 spiro atoms. The van der Waals surface area contributed by atoms with Crippen LogP contribution in [0.2, 0.25) is 0 Å². The molecule has 1 N–H and O–H groups in total. The molecule has 0 aromatic carbocycles. The largest absolute Gasteiger partial charge is 0.355 e. The molecule has 17 heavy (non-hydrogen) atoms. The van der Waals surface area contributed by atoms with E-state index in [9.17, 15) is 0 Å². The molecular weight excluding hydrogens is 212 g/mol. The summed E-state index contributed by atoms with van der Waals surface area (Å²) < 4.78 is 0. The molecule has 0 aliphatic rings. The van der Waals surface area contributed by atoms with Crippen molar-refractivity contribution in [1.82, 2.24) is 15.3 Å². The molecule has 0 radical (unpaired) electrons. The van der Waals surface area contributed by atoms with Gasteiger partial charge in [0.25, 0.3) is 0 Å². The lowest BCUT2D eigenvalue weighted by Crippen LogP contribution is -2.26. The van der Waals surface area contributed by atoms with Crippen LogP contribution in [0.5, 0.6) is 0 Å². The Morgan fingerprint density at radius 3 is 2.41 bits per heavy atom. The number of hydrogen-bond donors (Lipinski definition) is 1. The molecule has 0 atom stereocenters. The summed E-state index contributed by atoms with van der Waals surface area (Å²) in [5.74, 6) is 1.00. The highest BCUT2D eigenvalue weighted by Gasteiger charge is 2.07. The Bertz CT molecular complexity index is 308. The van der Waals surface area contributed by atoms with Crippen molar-refractivity contribution in [2.45, 2.75) is 40.2 Å². The van der Waals surface area contributed by atoms with Crippen molar-refractivity contribution in [3.63, 3.8) is 0 Å². The Hall–Kier alpha value is -1.16. The number of rotatable bonds is 8. The summed E-state index contributed by atoms with van der Waals surface area (Å²) in [4.78, 5) is 11.2. The molecule has 0 saturated heterocycles. The second kappa shape index (κ2) is 8.01. The lowest BCUT2D eigenvalue weighted by Gasteiger charge is -2.22.